The second kappa shape index (κ2) is 8.90. The molecular formula is C23H24N2O2. The minimum atomic E-state index is 0.709. The van der Waals surface area contributed by atoms with Crippen LogP contribution in [0.3, 0.4) is 0 Å². The quantitative estimate of drug-likeness (QED) is 0.589. The van der Waals surface area contributed by atoms with Gasteiger partial charge in [0.2, 0.25) is 0 Å². The first-order chi connectivity index (χ1) is 13.2. The number of rotatable bonds is 7. The van der Waals surface area contributed by atoms with Gasteiger partial charge in [0.25, 0.3) is 0 Å². The lowest BCUT2D eigenvalue weighted by molar-refractivity contribution is 0.394. The van der Waals surface area contributed by atoms with E-state index >= 15 is 0 Å². The van der Waals surface area contributed by atoms with Crippen LogP contribution < -0.4 is 14.8 Å². The van der Waals surface area contributed by atoms with Crippen molar-refractivity contribution >= 4 is 17.8 Å². The lowest BCUT2D eigenvalue weighted by atomic mass is 10.1. The Morgan fingerprint density at radius 1 is 0.852 bits per heavy atom. The summed E-state index contributed by atoms with van der Waals surface area (Å²) < 4.78 is 10.6. The van der Waals surface area contributed by atoms with Crippen LogP contribution in [-0.4, -0.2) is 19.2 Å². The largest absolute Gasteiger partial charge is 0.497 e. The van der Waals surface area contributed by atoms with Gasteiger partial charge in [0.15, 0.2) is 0 Å². The Hall–Kier alpha value is -3.27. The van der Waals surface area contributed by atoms with E-state index in [9.17, 15) is 0 Å². The number of hydrogen-bond donors (Lipinski definition) is 1. The van der Waals surface area contributed by atoms with Gasteiger partial charge < -0.3 is 14.8 Å². The van der Waals surface area contributed by atoms with Crippen LogP contribution in [0.25, 0.3) is 12.2 Å². The number of ether oxygens (including phenoxy) is 2. The van der Waals surface area contributed by atoms with E-state index in [-0.39, 0.29) is 0 Å². The fourth-order valence-electron chi connectivity index (χ4n) is 2.72. The highest BCUT2D eigenvalue weighted by atomic mass is 16.5. The Labute approximate surface area is 160 Å². The van der Waals surface area contributed by atoms with Gasteiger partial charge in [-0.2, -0.15) is 0 Å². The molecule has 0 fully saturated rings. The fraction of sp³-hybridized carbons (Fsp3) is 0.174. The summed E-state index contributed by atoms with van der Waals surface area (Å²) in [5, 5.41) is 3.40. The Balaban J connectivity index is 1.64. The highest BCUT2D eigenvalue weighted by Gasteiger charge is 2.00. The van der Waals surface area contributed by atoms with E-state index in [1.165, 1.54) is 0 Å². The Morgan fingerprint density at radius 3 is 2.15 bits per heavy atom. The number of anilines is 1. The summed E-state index contributed by atoms with van der Waals surface area (Å²) in [6.07, 6.45) is 4.12. The summed E-state index contributed by atoms with van der Waals surface area (Å²) in [5.41, 5.74) is 5.28. The van der Waals surface area contributed by atoms with E-state index in [0.717, 1.165) is 39.7 Å². The molecule has 0 unspecified atom stereocenters. The molecule has 3 rings (SSSR count). The number of benzene rings is 2. The topological polar surface area (TPSA) is 43.4 Å². The molecular weight excluding hydrogens is 336 g/mol. The molecule has 0 spiro atoms. The van der Waals surface area contributed by atoms with Gasteiger partial charge in [0.1, 0.15) is 11.5 Å². The third-order valence-electron chi connectivity index (χ3n) is 4.17. The Bertz CT molecular complexity index is 896. The molecule has 3 aromatic rings. The van der Waals surface area contributed by atoms with Crippen molar-refractivity contribution in [2.24, 2.45) is 0 Å². The van der Waals surface area contributed by atoms with Crippen molar-refractivity contribution < 1.29 is 9.47 Å². The van der Waals surface area contributed by atoms with Crippen molar-refractivity contribution in [3.8, 4) is 11.5 Å². The van der Waals surface area contributed by atoms with Gasteiger partial charge in [-0.1, -0.05) is 30.4 Å². The number of aromatic nitrogens is 1. The summed E-state index contributed by atoms with van der Waals surface area (Å²) in [7, 11) is 3.31. The zero-order valence-corrected chi connectivity index (χ0v) is 15.9. The smallest absolute Gasteiger partial charge is 0.123 e. The molecule has 138 valence electrons. The predicted octanol–water partition coefficient (Wildman–Crippen LogP) is 5.19. The summed E-state index contributed by atoms with van der Waals surface area (Å²) in [4.78, 5) is 4.50. The van der Waals surface area contributed by atoms with Crippen molar-refractivity contribution in [3.05, 3.63) is 83.2 Å². The molecule has 1 N–H and O–H groups in total. The molecule has 1 heterocycles. The van der Waals surface area contributed by atoms with Crippen LogP contribution in [0.4, 0.5) is 5.69 Å². The lowest BCUT2D eigenvalue weighted by Crippen LogP contribution is -2.01. The zero-order chi connectivity index (χ0) is 19.1. The molecule has 0 radical (unpaired) electrons. The number of methoxy groups -OCH3 is 2. The molecule has 0 amide bonds. The summed E-state index contributed by atoms with van der Waals surface area (Å²) in [5.74, 6) is 1.55. The molecule has 0 saturated heterocycles. The highest BCUT2D eigenvalue weighted by molar-refractivity contribution is 5.71. The number of nitrogens with zero attached hydrogens (tertiary/aromatic N) is 1. The first-order valence-electron chi connectivity index (χ1n) is 8.84. The third-order valence-corrected chi connectivity index (χ3v) is 4.17. The van der Waals surface area contributed by atoms with E-state index in [0.29, 0.717) is 6.54 Å². The molecule has 0 aliphatic rings. The van der Waals surface area contributed by atoms with E-state index < -0.39 is 0 Å². The van der Waals surface area contributed by atoms with Gasteiger partial charge in [-0.3, -0.25) is 4.98 Å². The van der Waals surface area contributed by atoms with E-state index in [2.05, 4.69) is 40.6 Å². The molecule has 1 aromatic heterocycles. The Kier molecular flexibility index (Phi) is 6.10. The number of pyridine rings is 1. The Morgan fingerprint density at radius 2 is 1.52 bits per heavy atom. The standard InChI is InChI=1S/C23H24N2O2/c1-17-5-4-6-21(25-17)16-24-20-11-9-18(10-12-20)7-8-19-13-22(26-2)15-23(14-19)27-3/h4-15,24H,16H2,1-3H3/b8-7+. The summed E-state index contributed by atoms with van der Waals surface area (Å²) in [6, 6.07) is 20.2. The zero-order valence-electron chi connectivity index (χ0n) is 15.9. The van der Waals surface area contributed by atoms with Crippen molar-refractivity contribution in [2.45, 2.75) is 13.5 Å². The molecule has 0 aliphatic carbocycles. The monoisotopic (exact) mass is 360 g/mol. The number of hydrogen-bond acceptors (Lipinski definition) is 4. The minimum absolute atomic E-state index is 0.709. The van der Waals surface area contributed by atoms with E-state index in [4.69, 9.17) is 9.47 Å². The molecule has 0 aliphatic heterocycles. The van der Waals surface area contributed by atoms with E-state index in [1.54, 1.807) is 14.2 Å². The average molecular weight is 360 g/mol. The van der Waals surface area contributed by atoms with E-state index in [1.807, 2.05) is 49.4 Å². The SMILES string of the molecule is COc1cc(/C=C/c2ccc(NCc3cccc(C)n3)cc2)cc(OC)c1. The first kappa shape index (κ1) is 18.5. The summed E-state index contributed by atoms with van der Waals surface area (Å²) >= 11 is 0. The van der Waals surface area contributed by atoms with Crippen LogP contribution in [0.15, 0.2) is 60.7 Å². The fourth-order valence-corrected chi connectivity index (χ4v) is 2.72. The predicted molar refractivity (Wildman–Crippen MR) is 111 cm³/mol. The van der Waals surface area contributed by atoms with Crippen molar-refractivity contribution in [2.75, 3.05) is 19.5 Å². The van der Waals surface area contributed by atoms with Crippen LogP contribution in [0.1, 0.15) is 22.5 Å². The first-order valence-corrected chi connectivity index (χ1v) is 8.84. The summed E-state index contributed by atoms with van der Waals surface area (Å²) in [6.45, 7) is 2.71. The molecule has 4 nitrogen and oxygen atoms in total. The van der Waals surface area contributed by atoms with Crippen LogP contribution in [0.5, 0.6) is 11.5 Å². The normalized spacial score (nSPS) is 10.8. The maximum Gasteiger partial charge on any atom is 0.123 e. The van der Waals surface area contributed by atoms with Gasteiger partial charge in [-0.05, 0) is 54.4 Å². The van der Waals surface area contributed by atoms with Gasteiger partial charge in [-0.15, -0.1) is 0 Å². The molecule has 0 atom stereocenters. The van der Waals surface area contributed by atoms with Gasteiger partial charge in [-0.25, -0.2) is 0 Å². The second-order valence-corrected chi connectivity index (χ2v) is 6.23. The van der Waals surface area contributed by atoms with Crippen LogP contribution in [-0.2, 0) is 6.54 Å². The molecule has 4 heteroatoms. The van der Waals surface area contributed by atoms with Crippen LogP contribution in [0, 0.1) is 6.92 Å². The maximum absolute atomic E-state index is 5.31. The highest BCUT2D eigenvalue weighted by Crippen LogP contribution is 2.24. The van der Waals surface area contributed by atoms with Crippen LogP contribution in [0.2, 0.25) is 0 Å². The molecule has 27 heavy (non-hydrogen) atoms. The van der Waals surface area contributed by atoms with Gasteiger partial charge in [0, 0.05) is 17.4 Å². The number of aryl methyl sites for hydroxylation is 1. The van der Waals surface area contributed by atoms with Gasteiger partial charge >= 0.3 is 0 Å². The molecule has 0 bridgehead atoms. The van der Waals surface area contributed by atoms with Crippen molar-refractivity contribution in [3.63, 3.8) is 0 Å². The van der Waals surface area contributed by atoms with Crippen molar-refractivity contribution in [1.82, 2.24) is 4.98 Å². The average Bonchev–Trinajstić information content (AvgIpc) is 2.71. The number of nitrogens with one attached hydrogen (secondary N) is 1. The third kappa shape index (κ3) is 5.35. The van der Waals surface area contributed by atoms with Crippen LogP contribution >= 0.6 is 0 Å². The minimum Gasteiger partial charge on any atom is -0.497 e. The second-order valence-electron chi connectivity index (χ2n) is 6.23. The van der Waals surface area contributed by atoms with Crippen molar-refractivity contribution in [1.29, 1.82) is 0 Å². The maximum atomic E-state index is 5.31. The lowest BCUT2D eigenvalue weighted by Gasteiger charge is -2.07. The van der Waals surface area contributed by atoms with Gasteiger partial charge in [0.05, 0.1) is 26.5 Å². The molecule has 2 aromatic carbocycles. The molecule has 0 saturated carbocycles.